The number of rotatable bonds is 5. The number of imidazole rings is 1. The summed E-state index contributed by atoms with van der Waals surface area (Å²) in [5, 5.41) is 11.7. The van der Waals surface area contributed by atoms with Crippen molar-refractivity contribution >= 4 is 22.6 Å². The summed E-state index contributed by atoms with van der Waals surface area (Å²) in [5.41, 5.74) is 2.22. The fourth-order valence-electron chi connectivity index (χ4n) is 4.14. The first-order valence-electron chi connectivity index (χ1n) is 10.0. The van der Waals surface area contributed by atoms with Crippen LogP contribution in [0, 0.1) is 5.92 Å². The zero-order chi connectivity index (χ0) is 20.4. The van der Waals surface area contributed by atoms with Crippen LogP contribution >= 0.6 is 0 Å². The van der Waals surface area contributed by atoms with Gasteiger partial charge in [-0.2, -0.15) is 0 Å². The van der Waals surface area contributed by atoms with Gasteiger partial charge in [0.15, 0.2) is 0 Å². The number of hydrogen-bond donors (Lipinski definition) is 1. The van der Waals surface area contributed by atoms with Crippen molar-refractivity contribution in [3.63, 3.8) is 0 Å². The highest BCUT2D eigenvalue weighted by Crippen LogP contribution is 2.36. The maximum Gasteiger partial charge on any atom is 0.341 e. The molecule has 0 aliphatic carbocycles. The lowest BCUT2D eigenvalue weighted by molar-refractivity contribution is 0.0526. The van der Waals surface area contributed by atoms with Crippen molar-refractivity contribution in [2.45, 2.75) is 25.9 Å². The number of aryl methyl sites for hydroxylation is 1. The minimum Gasteiger partial charge on any atom is -0.462 e. The van der Waals surface area contributed by atoms with Gasteiger partial charge in [-0.3, -0.25) is 4.98 Å². The van der Waals surface area contributed by atoms with E-state index in [9.17, 15) is 9.90 Å². The topological polar surface area (TPSA) is 80.5 Å². The summed E-state index contributed by atoms with van der Waals surface area (Å²) in [4.78, 5) is 23.5. The van der Waals surface area contributed by atoms with Gasteiger partial charge in [-0.05, 0) is 31.7 Å². The second-order valence-electron chi connectivity index (χ2n) is 7.42. The van der Waals surface area contributed by atoms with E-state index in [0.29, 0.717) is 18.0 Å². The number of hydrogen-bond acceptors (Lipinski definition) is 6. The molecule has 152 valence electrons. The quantitative estimate of drug-likeness (QED) is 0.670. The number of carbonyl (C=O) groups is 1. The maximum atomic E-state index is 12.6. The van der Waals surface area contributed by atoms with Crippen molar-refractivity contribution in [1.29, 1.82) is 0 Å². The van der Waals surface area contributed by atoms with Gasteiger partial charge in [0.1, 0.15) is 17.5 Å². The van der Waals surface area contributed by atoms with Crippen LogP contribution in [0.25, 0.3) is 10.9 Å². The fraction of sp³-hybridized carbons (Fsp3) is 0.409. The molecule has 1 unspecified atom stereocenters. The van der Waals surface area contributed by atoms with Gasteiger partial charge in [0.2, 0.25) is 0 Å². The molecule has 1 aliphatic rings. The third kappa shape index (κ3) is 3.70. The molecule has 29 heavy (non-hydrogen) atoms. The first kappa shape index (κ1) is 19.4. The molecule has 2 aromatic heterocycles. The molecule has 7 nitrogen and oxygen atoms in total. The van der Waals surface area contributed by atoms with Crippen LogP contribution in [0.3, 0.4) is 0 Å². The Hall–Kier alpha value is -2.93. The molecule has 3 heterocycles. The number of pyridine rings is 1. The Kier molecular flexibility index (Phi) is 5.49. The minimum atomic E-state index is -0.587. The predicted octanol–water partition coefficient (Wildman–Crippen LogP) is 3.10. The van der Waals surface area contributed by atoms with Crippen molar-refractivity contribution in [3.8, 4) is 0 Å². The molecule has 1 aliphatic heterocycles. The van der Waals surface area contributed by atoms with Crippen LogP contribution in [0.15, 0.2) is 42.9 Å². The van der Waals surface area contributed by atoms with Crippen molar-refractivity contribution < 1.29 is 14.6 Å². The number of ether oxygens (including phenoxy) is 1. The highest BCUT2D eigenvalue weighted by Gasteiger charge is 2.31. The average Bonchev–Trinajstić information content (AvgIpc) is 3.18. The normalized spacial score (nSPS) is 16.2. The van der Waals surface area contributed by atoms with Gasteiger partial charge >= 0.3 is 5.97 Å². The molecule has 0 amide bonds. The third-order valence-corrected chi connectivity index (χ3v) is 5.67. The number of fused-ring (bicyclic) bond motifs is 1. The van der Waals surface area contributed by atoms with Crippen LogP contribution in [0.1, 0.15) is 42.1 Å². The van der Waals surface area contributed by atoms with E-state index in [1.54, 1.807) is 19.3 Å². The van der Waals surface area contributed by atoms with Gasteiger partial charge in [0.25, 0.3) is 0 Å². The SMILES string of the molecule is CCOC(=O)c1cnc2ccccc2c1N1CCC(C(O)c2nccn2C)CC1. The molecule has 0 saturated carbocycles. The van der Waals surface area contributed by atoms with Gasteiger partial charge in [-0.1, -0.05) is 18.2 Å². The highest BCUT2D eigenvalue weighted by atomic mass is 16.5. The Balaban J connectivity index is 1.61. The minimum absolute atomic E-state index is 0.131. The molecule has 1 N–H and O–H groups in total. The summed E-state index contributed by atoms with van der Waals surface area (Å²) >= 11 is 0. The average molecular weight is 394 g/mol. The summed E-state index contributed by atoms with van der Waals surface area (Å²) in [7, 11) is 1.90. The Labute approximate surface area is 170 Å². The van der Waals surface area contributed by atoms with Crippen LogP contribution in [0.4, 0.5) is 5.69 Å². The van der Waals surface area contributed by atoms with Gasteiger partial charge in [0.05, 0.1) is 17.8 Å². The summed E-state index contributed by atoms with van der Waals surface area (Å²) in [6.45, 7) is 3.61. The number of benzene rings is 1. The summed E-state index contributed by atoms with van der Waals surface area (Å²) in [5.74, 6) is 0.479. The van der Waals surface area contributed by atoms with Crippen LogP contribution in [0.5, 0.6) is 0 Å². The molecule has 4 rings (SSSR count). The monoisotopic (exact) mass is 394 g/mol. The molecule has 3 aromatic rings. The van der Waals surface area contributed by atoms with E-state index in [2.05, 4.69) is 14.9 Å². The summed E-state index contributed by atoms with van der Waals surface area (Å²) in [6, 6.07) is 7.85. The molecule has 0 spiro atoms. The summed E-state index contributed by atoms with van der Waals surface area (Å²) in [6.07, 6.45) is 6.21. The Morgan fingerprint density at radius 1 is 1.28 bits per heavy atom. The second-order valence-corrected chi connectivity index (χ2v) is 7.42. The molecule has 1 aromatic carbocycles. The Morgan fingerprint density at radius 3 is 2.72 bits per heavy atom. The molecule has 1 saturated heterocycles. The molecular formula is C22H26N4O3. The van der Waals surface area contributed by atoms with E-state index < -0.39 is 6.10 Å². The standard InChI is InChI=1S/C22H26N4O3/c1-3-29-22(28)17-14-24-18-7-5-4-6-16(18)19(17)26-11-8-15(9-12-26)20(27)21-23-10-13-25(21)2/h4-7,10,13-15,20,27H,3,8-9,11-12H2,1-2H3. The number of piperidine rings is 1. The molecule has 0 radical (unpaired) electrons. The highest BCUT2D eigenvalue weighted by molar-refractivity contribution is 6.05. The van der Waals surface area contributed by atoms with Crippen LogP contribution in [-0.4, -0.2) is 45.3 Å². The van der Waals surface area contributed by atoms with Gasteiger partial charge < -0.3 is 19.3 Å². The van der Waals surface area contributed by atoms with E-state index in [4.69, 9.17) is 4.74 Å². The molecular weight excluding hydrogens is 368 g/mol. The molecule has 1 fully saturated rings. The number of aliphatic hydroxyl groups is 1. The first-order valence-corrected chi connectivity index (χ1v) is 10.0. The lowest BCUT2D eigenvalue weighted by Crippen LogP contribution is -2.37. The van der Waals surface area contributed by atoms with Crippen LogP contribution < -0.4 is 4.90 Å². The van der Waals surface area contributed by atoms with Gasteiger partial charge in [-0.25, -0.2) is 9.78 Å². The number of esters is 1. The largest absolute Gasteiger partial charge is 0.462 e. The van der Waals surface area contributed by atoms with Crippen molar-refractivity contribution in [2.75, 3.05) is 24.6 Å². The van der Waals surface area contributed by atoms with E-state index in [-0.39, 0.29) is 11.9 Å². The van der Waals surface area contributed by atoms with Crippen molar-refractivity contribution in [2.24, 2.45) is 13.0 Å². The zero-order valence-corrected chi connectivity index (χ0v) is 16.8. The maximum absolute atomic E-state index is 12.6. The van der Waals surface area contributed by atoms with Gasteiger partial charge in [-0.15, -0.1) is 0 Å². The second kappa shape index (κ2) is 8.21. The number of aliphatic hydroxyl groups excluding tert-OH is 1. The fourth-order valence-corrected chi connectivity index (χ4v) is 4.14. The number of anilines is 1. The molecule has 7 heteroatoms. The van der Waals surface area contributed by atoms with E-state index >= 15 is 0 Å². The van der Waals surface area contributed by atoms with Crippen LogP contribution in [-0.2, 0) is 11.8 Å². The van der Waals surface area contributed by atoms with E-state index in [1.165, 1.54) is 0 Å². The van der Waals surface area contributed by atoms with Crippen LogP contribution in [0.2, 0.25) is 0 Å². The smallest absolute Gasteiger partial charge is 0.341 e. The van der Waals surface area contributed by atoms with E-state index in [0.717, 1.165) is 42.5 Å². The number of aromatic nitrogens is 3. The Morgan fingerprint density at radius 2 is 2.03 bits per heavy atom. The van der Waals surface area contributed by atoms with E-state index in [1.807, 2.05) is 42.1 Å². The number of para-hydroxylation sites is 1. The first-order chi connectivity index (χ1) is 14.1. The lowest BCUT2D eigenvalue weighted by Gasteiger charge is -2.36. The molecule has 0 bridgehead atoms. The Bertz CT molecular complexity index is 1010. The third-order valence-electron chi connectivity index (χ3n) is 5.67. The van der Waals surface area contributed by atoms with Crippen molar-refractivity contribution in [3.05, 3.63) is 54.2 Å². The number of carbonyl (C=O) groups excluding carboxylic acids is 1. The summed E-state index contributed by atoms with van der Waals surface area (Å²) < 4.78 is 7.14. The zero-order valence-electron chi connectivity index (χ0n) is 16.8. The lowest BCUT2D eigenvalue weighted by atomic mass is 9.90. The van der Waals surface area contributed by atoms with Crippen molar-refractivity contribution in [1.82, 2.24) is 14.5 Å². The number of nitrogens with zero attached hydrogens (tertiary/aromatic N) is 4. The predicted molar refractivity (Wildman–Crippen MR) is 111 cm³/mol. The van der Waals surface area contributed by atoms with Gasteiger partial charge in [0, 0.05) is 44.1 Å². The molecule has 1 atom stereocenters.